The summed E-state index contributed by atoms with van der Waals surface area (Å²) in [5.41, 5.74) is 4.42. The van der Waals surface area contributed by atoms with Gasteiger partial charge in [-0.05, 0) is 49.3 Å². The first-order valence-corrected chi connectivity index (χ1v) is 7.14. The summed E-state index contributed by atoms with van der Waals surface area (Å²) in [5.74, 6) is 0. The van der Waals surface area contributed by atoms with Gasteiger partial charge in [0.1, 0.15) is 0 Å². The van der Waals surface area contributed by atoms with Gasteiger partial charge in [0.15, 0.2) is 0 Å². The van der Waals surface area contributed by atoms with Crippen molar-refractivity contribution >= 4 is 6.08 Å². The van der Waals surface area contributed by atoms with Crippen molar-refractivity contribution in [2.45, 2.75) is 32.6 Å². The minimum atomic E-state index is 1.26. The van der Waals surface area contributed by atoms with E-state index in [0.29, 0.717) is 0 Å². The van der Waals surface area contributed by atoms with Gasteiger partial charge in [0, 0.05) is 0 Å². The van der Waals surface area contributed by atoms with Crippen molar-refractivity contribution in [2.75, 3.05) is 0 Å². The van der Waals surface area contributed by atoms with E-state index in [0.717, 1.165) is 0 Å². The molecule has 1 aliphatic rings. The summed E-state index contributed by atoms with van der Waals surface area (Å²) in [7, 11) is 0. The minimum Gasteiger partial charge on any atom is -0.0871 e. The molecule has 0 aromatic heterocycles. The summed E-state index contributed by atoms with van der Waals surface area (Å²) >= 11 is 0. The van der Waals surface area contributed by atoms with E-state index >= 15 is 0 Å². The third-order valence-corrected chi connectivity index (χ3v) is 3.42. The molecule has 0 aliphatic heterocycles. The first-order valence-electron chi connectivity index (χ1n) is 7.14. The fraction of sp³-hybridized carbons (Fsp3) is 0.263. The molecule has 98 valence electrons. The molecule has 0 bridgehead atoms. The lowest BCUT2D eigenvalue weighted by molar-refractivity contribution is 0.685. The molecule has 0 saturated heterocycles. The summed E-state index contributed by atoms with van der Waals surface area (Å²) in [5, 5.41) is 0. The maximum absolute atomic E-state index is 2.26. The van der Waals surface area contributed by atoms with Crippen LogP contribution in [0.5, 0.6) is 0 Å². The van der Waals surface area contributed by atoms with Gasteiger partial charge in [-0.15, -0.1) is 0 Å². The Hall–Kier alpha value is -1.82. The first-order chi connectivity index (χ1) is 9.40. The largest absolute Gasteiger partial charge is 0.0871 e. The molecule has 0 atom stereocenters. The molecule has 0 radical (unpaired) electrons. The lowest BCUT2D eigenvalue weighted by Gasteiger charge is -2.13. The van der Waals surface area contributed by atoms with Crippen LogP contribution in [-0.2, 0) is 12.8 Å². The van der Waals surface area contributed by atoms with E-state index in [1.54, 1.807) is 11.1 Å². The Morgan fingerprint density at radius 1 is 0.737 bits per heavy atom. The third kappa shape index (κ3) is 4.40. The van der Waals surface area contributed by atoms with Gasteiger partial charge in [-0.25, -0.2) is 0 Å². The highest BCUT2D eigenvalue weighted by molar-refractivity contribution is 5.47. The van der Waals surface area contributed by atoms with Crippen molar-refractivity contribution in [2.24, 2.45) is 0 Å². The molecule has 0 spiro atoms. The fourth-order valence-electron chi connectivity index (χ4n) is 2.43. The average Bonchev–Trinajstić information content (AvgIpc) is 2.50. The van der Waals surface area contributed by atoms with Crippen molar-refractivity contribution in [3.63, 3.8) is 0 Å². The molecular formula is C19H22. The predicted molar refractivity (Wildman–Crippen MR) is 84.2 cm³/mol. The van der Waals surface area contributed by atoms with Crippen molar-refractivity contribution in [3.8, 4) is 0 Å². The van der Waals surface area contributed by atoms with E-state index in [-0.39, 0.29) is 0 Å². The van der Waals surface area contributed by atoms with E-state index in [1.807, 2.05) is 31.2 Å². The van der Waals surface area contributed by atoms with Crippen molar-refractivity contribution < 1.29 is 0 Å². The molecule has 0 nitrogen and oxygen atoms in total. The second-order valence-corrected chi connectivity index (χ2v) is 4.89. The molecule has 0 N–H and O–H groups in total. The summed E-state index contributed by atoms with van der Waals surface area (Å²) in [6.45, 7) is 2.02. The second-order valence-electron chi connectivity index (χ2n) is 4.89. The highest BCUT2D eigenvalue weighted by Gasteiger charge is 2.05. The lowest BCUT2D eigenvalue weighted by atomic mass is 9.92. The summed E-state index contributed by atoms with van der Waals surface area (Å²) in [6, 6.07) is 19.1. The van der Waals surface area contributed by atoms with Gasteiger partial charge in [0.25, 0.3) is 0 Å². The highest BCUT2D eigenvalue weighted by atomic mass is 14.1. The van der Waals surface area contributed by atoms with Crippen molar-refractivity contribution in [3.05, 3.63) is 77.4 Å². The molecule has 1 aliphatic carbocycles. The van der Waals surface area contributed by atoms with Crippen LogP contribution in [-0.4, -0.2) is 0 Å². The van der Waals surface area contributed by atoms with E-state index in [1.165, 1.54) is 31.2 Å². The second kappa shape index (κ2) is 7.58. The Bertz CT molecular complexity index is 484. The average molecular weight is 250 g/mol. The molecule has 0 heteroatoms. The molecule has 0 heterocycles. The number of hydrogen-bond donors (Lipinski definition) is 0. The van der Waals surface area contributed by atoms with Gasteiger partial charge >= 0.3 is 0 Å². The van der Waals surface area contributed by atoms with Gasteiger partial charge in [-0.3, -0.25) is 0 Å². The normalized spacial score (nSPS) is 13.5. The SMILES string of the molecule is CC=Cc1ccccc1.c1ccc2c(c1)CCCC2. The molecule has 2 aromatic carbocycles. The lowest BCUT2D eigenvalue weighted by Crippen LogP contribution is -2.00. The van der Waals surface area contributed by atoms with Gasteiger partial charge in [-0.1, -0.05) is 66.7 Å². The van der Waals surface area contributed by atoms with Gasteiger partial charge in [-0.2, -0.15) is 0 Å². The number of rotatable bonds is 1. The van der Waals surface area contributed by atoms with Crippen LogP contribution in [0.15, 0.2) is 60.7 Å². The zero-order valence-corrected chi connectivity index (χ0v) is 11.7. The standard InChI is InChI=1S/C10H12.C9H10/c1-2-6-10-8-4-3-7-9(10)5-1;1-2-6-9-7-4-3-5-8-9/h1-2,5-6H,3-4,7-8H2;2-8H,1H3. The first kappa shape index (κ1) is 13.6. The van der Waals surface area contributed by atoms with Gasteiger partial charge in [0.2, 0.25) is 0 Å². The van der Waals surface area contributed by atoms with Crippen LogP contribution in [0.3, 0.4) is 0 Å². The Balaban J connectivity index is 0.000000141. The zero-order chi connectivity index (χ0) is 13.3. The Morgan fingerprint density at radius 2 is 1.26 bits per heavy atom. The molecule has 0 unspecified atom stereocenters. The number of aryl methyl sites for hydroxylation is 2. The third-order valence-electron chi connectivity index (χ3n) is 3.42. The van der Waals surface area contributed by atoms with Gasteiger partial charge in [0.05, 0.1) is 0 Å². The molecule has 0 amide bonds. The van der Waals surface area contributed by atoms with Crippen molar-refractivity contribution in [1.82, 2.24) is 0 Å². The quantitative estimate of drug-likeness (QED) is 0.645. The van der Waals surface area contributed by atoms with E-state index in [9.17, 15) is 0 Å². The maximum Gasteiger partial charge on any atom is -0.0260 e. The number of hydrogen-bond acceptors (Lipinski definition) is 0. The van der Waals surface area contributed by atoms with E-state index < -0.39 is 0 Å². The number of benzene rings is 2. The predicted octanol–water partition coefficient (Wildman–Crippen LogP) is 5.29. The van der Waals surface area contributed by atoms with Crippen LogP contribution in [0.2, 0.25) is 0 Å². The summed E-state index contributed by atoms with van der Waals surface area (Å²) in [6.07, 6.45) is 9.50. The highest BCUT2D eigenvalue weighted by Crippen LogP contribution is 2.19. The van der Waals surface area contributed by atoms with Crippen LogP contribution >= 0.6 is 0 Å². The monoisotopic (exact) mass is 250 g/mol. The van der Waals surface area contributed by atoms with Crippen LogP contribution < -0.4 is 0 Å². The smallest absolute Gasteiger partial charge is 0.0260 e. The zero-order valence-electron chi connectivity index (χ0n) is 11.7. The Kier molecular flexibility index (Phi) is 5.43. The van der Waals surface area contributed by atoms with E-state index in [2.05, 4.69) is 42.5 Å². The van der Waals surface area contributed by atoms with Crippen LogP contribution in [0, 0.1) is 0 Å². The van der Waals surface area contributed by atoms with Gasteiger partial charge < -0.3 is 0 Å². The summed E-state index contributed by atoms with van der Waals surface area (Å²) < 4.78 is 0. The number of allylic oxidation sites excluding steroid dienone is 1. The molecular weight excluding hydrogens is 228 g/mol. The summed E-state index contributed by atoms with van der Waals surface area (Å²) in [4.78, 5) is 0. The van der Waals surface area contributed by atoms with Crippen LogP contribution in [0.4, 0.5) is 0 Å². The molecule has 2 aromatic rings. The number of fused-ring (bicyclic) bond motifs is 1. The molecule has 0 fully saturated rings. The topological polar surface area (TPSA) is 0 Å². The Labute approximate surface area is 116 Å². The Morgan fingerprint density at radius 3 is 1.79 bits per heavy atom. The van der Waals surface area contributed by atoms with Crippen LogP contribution in [0.25, 0.3) is 6.08 Å². The van der Waals surface area contributed by atoms with Crippen LogP contribution in [0.1, 0.15) is 36.5 Å². The molecule has 0 saturated carbocycles. The van der Waals surface area contributed by atoms with E-state index in [4.69, 9.17) is 0 Å². The van der Waals surface area contributed by atoms with Crippen molar-refractivity contribution in [1.29, 1.82) is 0 Å². The molecule has 19 heavy (non-hydrogen) atoms. The molecule has 3 rings (SSSR count). The maximum atomic E-state index is 2.26. The fourth-order valence-corrected chi connectivity index (χ4v) is 2.43. The minimum absolute atomic E-state index is 1.26.